The van der Waals surface area contributed by atoms with Gasteiger partial charge in [-0.05, 0) is 55.6 Å². The van der Waals surface area contributed by atoms with Crippen LogP contribution in [0.1, 0.15) is 31.0 Å². The molecule has 0 unspecified atom stereocenters. The number of halogens is 1. The Labute approximate surface area is 193 Å². The summed E-state index contributed by atoms with van der Waals surface area (Å²) < 4.78 is 24.3. The Hall–Kier alpha value is -3.39. The van der Waals surface area contributed by atoms with Gasteiger partial charge in [0.2, 0.25) is 0 Å². The first kappa shape index (κ1) is 24.3. The lowest BCUT2D eigenvalue weighted by Crippen LogP contribution is -2.38. The quantitative estimate of drug-likeness (QED) is 0.353. The number of hydrogen-bond acceptors (Lipinski definition) is 6. The van der Waals surface area contributed by atoms with E-state index in [1.807, 2.05) is 13.8 Å². The molecule has 1 amide bonds. The highest BCUT2D eigenvalue weighted by Gasteiger charge is 2.47. The predicted molar refractivity (Wildman–Crippen MR) is 123 cm³/mol. The van der Waals surface area contributed by atoms with Gasteiger partial charge < -0.3 is 24.4 Å². The minimum atomic E-state index is -0.893. The van der Waals surface area contributed by atoms with E-state index in [4.69, 9.17) is 9.47 Å². The van der Waals surface area contributed by atoms with Crippen LogP contribution >= 0.6 is 0 Å². The number of amides is 1. The number of methoxy groups -OCH3 is 2. The van der Waals surface area contributed by atoms with Gasteiger partial charge in [0.15, 0.2) is 0 Å². The van der Waals surface area contributed by atoms with Crippen molar-refractivity contribution >= 4 is 17.4 Å². The standard InChI is InChI=1S/C25H29FN2O5/c1-5-27(6-2)13-14-28-22(19-15-18(32-3)11-12-20(19)33-4)21(24(30)25(28)31)23(29)16-7-9-17(26)10-8-16/h7-12,15,22,29H,5-6,13-14H2,1-4H3/t22-/m0/s1. The van der Waals surface area contributed by atoms with E-state index >= 15 is 0 Å². The van der Waals surface area contributed by atoms with Gasteiger partial charge in [-0.2, -0.15) is 0 Å². The Kier molecular flexibility index (Phi) is 7.71. The summed E-state index contributed by atoms with van der Waals surface area (Å²) in [6.45, 7) is 6.46. The lowest BCUT2D eigenvalue weighted by atomic mass is 9.94. The van der Waals surface area contributed by atoms with E-state index in [9.17, 15) is 19.1 Å². The average molecular weight is 457 g/mol. The van der Waals surface area contributed by atoms with Crippen LogP contribution in [0.3, 0.4) is 0 Å². The first-order valence-electron chi connectivity index (χ1n) is 10.8. The van der Waals surface area contributed by atoms with Crippen molar-refractivity contribution in [3.63, 3.8) is 0 Å². The Morgan fingerprint density at radius 2 is 1.73 bits per heavy atom. The van der Waals surface area contributed by atoms with Crippen molar-refractivity contribution in [2.75, 3.05) is 40.4 Å². The summed E-state index contributed by atoms with van der Waals surface area (Å²) in [5.41, 5.74) is 0.682. The van der Waals surface area contributed by atoms with Crippen molar-refractivity contribution in [1.82, 2.24) is 9.80 Å². The number of ketones is 1. The van der Waals surface area contributed by atoms with Crippen LogP contribution in [0.2, 0.25) is 0 Å². The lowest BCUT2D eigenvalue weighted by molar-refractivity contribution is -0.140. The summed E-state index contributed by atoms with van der Waals surface area (Å²) in [5.74, 6) is -1.39. The Morgan fingerprint density at radius 3 is 2.30 bits per heavy atom. The zero-order chi connectivity index (χ0) is 24.1. The van der Waals surface area contributed by atoms with Crippen LogP contribution in [0.5, 0.6) is 11.5 Å². The zero-order valence-electron chi connectivity index (χ0n) is 19.3. The topological polar surface area (TPSA) is 79.3 Å². The largest absolute Gasteiger partial charge is 0.507 e. The fraction of sp³-hybridized carbons (Fsp3) is 0.360. The summed E-state index contributed by atoms with van der Waals surface area (Å²) in [6.07, 6.45) is 0. The van der Waals surface area contributed by atoms with Crippen LogP contribution in [0.4, 0.5) is 4.39 Å². The normalized spacial score (nSPS) is 17.6. The maximum atomic E-state index is 13.4. The molecule has 2 aromatic carbocycles. The van der Waals surface area contributed by atoms with Crippen molar-refractivity contribution in [1.29, 1.82) is 0 Å². The third-order valence-corrected chi connectivity index (χ3v) is 5.94. The van der Waals surface area contributed by atoms with Gasteiger partial charge in [-0.25, -0.2) is 4.39 Å². The van der Waals surface area contributed by atoms with Crippen LogP contribution < -0.4 is 9.47 Å². The average Bonchev–Trinajstić information content (AvgIpc) is 3.09. The third kappa shape index (κ3) is 4.85. The molecule has 1 atom stereocenters. The summed E-state index contributed by atoms with van der Waals surface area (Å²) in [5, 5.41) is 11.1. The number of likely N-dealkylation sites (tertiary alicyclic amines) is 1. The fourth-order valence-electron chi connectivity index (χ4n) is 4.04. The van der Waals surface area contributed by atoms with Gasteiger partial charge in [-0.1, -0.05) is 13.8 Å². The molecule has 1 heterocycles. The van der Waals surface area contributed by atoms with Gasteiger partial charge >= 0.3 is 0 Å². The highest BCUT2D eigenvalue weighted by Crippen LogP contribution is 2.43. The Balaban J connectivity index is 2.19. The van der Waals surface area contributed by atoms with E-state index in [2.05, 4.69) is 4.90 Å². The number of Topliss-reactive ketones (excluding diaryl/α,β-unsaturated/α-hetero) is 1. The molecule has 0 spiro atoms. The molecule has 8 heteroatoms. The Morgan fingerprint density at radius 1 is 1.06 bits per heavy atom. The summed E-state index contributed by atoms with van der Waals surface area (Å²) in [4.78, 5) is 29.9. The Bertz CT molecular complexity index is 1050. The molecular weight excluding hydrogens is 427 g/mol. The molecule has 176 valence electrons. The number of benzene rings is 2. The molecular formula is C25H29FN2O5. The number of aliphatic hydroxyl groups is 1. The van der Waals surface area contributed by atoms with Crippen molar-refractivity contribution in [2.45, 2.75) is 19.9 Å². The van der Waals surface area contributed by atoms with Crippen molar-refractivity contribution < 1.29 is 28.6 Å². The molecule has 1 fully saturated rings. The van der Waals surface area contributed by atoms with Gasteiger partial charge in [0, 0.05) is 24.2 Å². The summed E-state index contributed by atoms with van der Waals surface area (Å²) >= 11 is 0. The molecule has 7 nitrogen and oxygen atoms in total. The SMILES string of the molecule is CCN(CC)CCN1C(=O)C(=O)C(=C(O)c2ccc(F)cc2)[C@@H]1c1cc(OC)ccc1OC. The van der Waals surface area contributed by atoms with Gasteiger partial charge in [0.1, 0.15) is 23.1 Å². The third-order valence-electron chi connectivity index (χ3n) is 5.94. The second kappa shape index (κ2) is 10.5. The number of ether oxygens (including phenoxy) is 2. The van der Waals surface area contributed by atoms with Gasteiger partial charge in [-0.15, -0.1) is 0 Å². The van der Waals surface area contributed by atoms with Gasteiger partial charge in [-0.3, -0.25) is 9.59 Å². The van der Waals surface area contributed by atoms with Crippen molar-refractivity contribution in [3.8, 4) is 11.5 Å². The second-order valence-electron chi connectivity index (χ2n) is 7.63. The lowest BCUT2D eigenvalue weighted by Gasteiger charge is -2.29. The number of hydrogen-bond donors (Lipinski definition) is 1. The van der Waals surface area contributed by atoms with E-state index in [1.165, 1.54) is 43.4 Å². The fourth-order valence-corrected chi connectivity index (χ4v) is 4.04. The molecule has 0 bridgehead atoms. The number of nitrogens with zero attached hydrogens (tertiary/aromatic N) is 2. The molecule has 0 aromatic heterocycles. The van der Waals surface area contributed by atoms with Gasteiger partial charge in [0.25, 0.3) is 11.7 Å². The second-order valence-corrected chi connectivity index (χ2v) is 7.63. The van der Waals surface area contributed by atoms with Crippen LogP contribution in [0.15, 0.2) is 48.0 Å². The highest BCUT2D eigenvalue weighted by atomic mass is 19.1. The van der Waals surface area contributed by atoms with E-state index in [1.54, 1.807) is 18.2 Å². The molecule has 1 N–H and O–H groups in total. The predicted octanol–water partition coefficient (Wildman–Crippen LogP) is 3.61. The summed E-state index contributed by atoms with van der Waals surface area (Å²) in [6, 6.07) is 9.32. The first-order valence-corrected chi connectivity index (χ1v) is 10.8. The van der Waals surface area contributed by atoms with Crippen LogP contribution in [-0.4, -0.2) is 67.0 Å². The molecule has 33 heavy (non-hydrogen) atoms. The van der Waals surface area contributed by atoms with Crippen LogP contribution in [0, 0.1) is 5.82 Å². The number of aliphatic hydroxyl groups excluding tert-OH is 1. The number of carbonyl (C=O) groups is 2. The van der Waals surface area contributed by atoms with Crippen molar-refractivity contribution in [2.24, 2.45) is 0 Å². The van der Waals surface area contributed by atoms with Crippen molar-refractivity contribution in [3.05, 3.63) is 65.0 Å². The maximum absolute atomic E-state index is 13.4. The maximum Gasteiger partial charge on any atom is 0.295 e. The molecule has 2 aromatic rings. The van der Waals surface area contributed by atoms with E-state index < -0.39 is 23.5 Å². The van der Waals surface area contributed by atoms with Crippen LogP contribution in [0.25, 0.3) is 5.76 Å². The molecule has 1 saturated heterocycles. The highest BCUT2D eigenvalue weighted by molar-refractivity contribution is 6.46. The minimum Gasteiger partial charge on any atom is -0.507 e. The number of rotatable bonds is 9. The molecule has 1 aliphatic rings. The molecule has 0 aliphatic carbocycles. The first-order chi connectivity index (χ1) is 15.9. The molecule has 0 radical (unpaired) electrons. The number of likely N-dealkylation sites (N-methyl/N-ethyl adjacent to an activating group) is 1. The van der Waals surface area contributed by atoms with E-state index in [-0.39, 0.29) is 23.4 Å². The smallest absolute Gasteiger partial charge is 0.295 e. The van der Waals surface area contributed by atoms with Crippen LogP contribution in [-0.2, 0) is 9.59 Å². The van der Waals surface area contributed by atoms with Gasteiger partial charge in [0.05, 0.1) is 25.8 Å². The molecule has 1 aliphatic heterocycles. The zero-order valence-corrected chi connectivity index (χ0v) is 19.3. The monoisotopic (exact) mass is 456 g/mol. The minimum absolute atomic E-state index is 0.0716. The van der Waals surface area contributed by atoms with E-state index in [0.717, 1.165) is 13.1 Å². The molecule has 3 rings (SSSR count). The number of carbonyl (C=O) groups excluding carboxylic acids is 2. The summed E-state index contributed by atoms with van der Waals surface area (Å²) in [7, 11) is 3.01. The van der Waals surface area contributed by atoms with E-state index in [0.29, 0.717) is 23.6 Å². The molecule has 0 saturated carbocycles.